The van der Waals surface area contributed by atoms with Gasteiger partial charge in [-0.15, -0.1) is 0 Å². The van der Waals surface area contributed by atoms with E-state index in [1.165, 1.54) is 0 Å². The van der Waals surface area contributed by atoms with E-state index >= 15 is 0 Å². The van der Waals surface area contributed by atoms with Crippen molar-refractivity contribution in [2.24, 2.45) is 7.05 Å². The summed E-state index contributed by atoms with van der Waals surface area (Å²) in [5.41, 5.74) is 6.19. The minimum Gasteiger partial charge on any atom is -0.396 e. The molecule has 2 heterocycles. The number of aryl methyl sites for hydroxylation is 1. The third-order valence-electron chi connectivity index (χ3n) is 2.95. The van der Waals surface area contributed by atoms with Crippen LogP contribution in [0, 0.1) is 0 Å². The molecule has 0 saturated carbocycles. The van der Waals surface area contributed by atoms with Gasteiger partial charge >= 0.3 is 0 Å². The van der Waals surface area contributed by atoms with E-state index in [1.54, 1.807) is 22.8 Å². The molecule has 1 amide bonds. The quantitative estimate of drug-likeness (QED) is 0.761. The second-order valence-corrected chi connectivity index (χ2v) is 4.93. The zero-order valence-electron chi connectivity index (χ0n) is 10.4. The Morgan fingerprint density at radius 1 is 1.59 bits per heavy atom. The van der Waals surface area contributed by atoms with Crippen LogP contribution in [0.2, 0.25) is 0 Å². The van der Waals surface area contributed by atoms with Gasteiger partial charge in [0, 0.05) is 19.8 Å². The summed E-state index contributed by atoms with van der Waals surface area (Å²) < 4.78 is 6.94. The first-order valence-electron chi connectivity index (χ1n) is 5.60. The molecule has 0 bridgehead atoms. The maximum Gasteiger partial charge on any atom is 0.277 e. The number of anilines is 1. The van der Waals surface area contributed by atoms with Crippen LogP contribution in [0.3, 0.4) is 0 Å². The minimum atomic E-state index is -0.320. The first-order valence-corrected chi connectivity index (χ1v) is 5.60. The molecule has 1 aliphatic rings. The third-order valence-corrected chi connectivity index (χ3v) is 2.95. The Labute approximate surface area is 100 Å². The number of carbonyl (C=O) groups excluding carboxylic acids is 1. The Balaban J connectivity index is 2.28. The number of nitrogen functional groups attached to an aromatic ring is 1. The summed E-state index contributed by atoms with van der Waals surface area (Å²) in [7, 11) is 1.75. The normalized spacial score (nSPS) is 19.4. The molecule has 0 aliphatic carbocycles. The fraction of sp³-hybridized carbons (Fsp3) is 0.636. The molecule has 1 aromatic rings. The molecule has 6 heteroatoms. The van der Waals surface area contributed by atoms with Crippen LogP contribution in [0.5, 0.6) is 0 Å². The van der Waals surface area contributed by atoms with Crippen molar-refractivity contribution in [3.8, 4) is 0 Å². The van der Waals surface area contributed by atoms with Gasteiger partial charge in [-0.25, -0.2) is 0 Å². The van der Waals surface area contributed by atoms with Crippen LogP contribution >= 0.6 is 0 Å². The van der Waals surface area contributed by atoms with E-state index in [2.05, 4.69) is 5.10 Å². The number of hydrogen-bond acceptors (Lipinski definition) is 4. The minimum absolute atomic E-state index is 0.128. The van der Waals surface area contributed by atoms with Crippen molar-refractivity contribution >= 4 is 11.6 Å². The molecular formula is C11H18N4O2. The molecule has 1 aromatic heterocycles. The van der Waals surface area contributed by atoms with Crippen LogP contribution < -0.4 is 5.73 Å². The molecule has 2 rings (SSSR count). The monoisotopic (exact) mass is 238 g/mol. The van der Waals surface area contributed by atoms with E-state index in [4.69, 9.17) is 10.5 Å². The van der Waals surface area contributed by atoms with Gasteiger partial charge in [-0.3, -0.25) is 9.48 Å². The van der Waals surface area contributed by atoms with Crippen LogP contribution in [0.25, 0.3) is 0 Å². The second-order valence-electron chi connectivity index (χ2n) is 4.93. The van der Waals surface area contributed by atoms with Crippen molar-refractivity contribution in [1.29, 1.82) is 0 Å². The van der Waals surface area contributed by atoms with E-state index < -0.39 is 0 Å². The Morgan fingerprint density at radius 2 is 2.29 bits per heavy atom. The van der Waals surface area contributed by atoms with Crippen molar-refractivity contribution in [2.75, 3.05) is 25.5 Å². The van der Waals surface area contributed by atoms with Gasteiger partial charge < -0.3 is 15.4 Å². The number of nitrogens with two attached hydrogens (primary N) is 1. The topological polar surface area (TPSA) is 73.4 Å². The zero-order chi connectivity index (χ0) is 12.6. The number of ether oxygens (including phenoxy) is 1. The highest BCUT2D eigenvalue weighted by Crippen LogP contribution is 2.22. The van der Waals surface area contributed by atoms with Gasteiger partial charge in [0.25, 0.3) is 5.91 Å². The predicted molar refractivity (Wildman–Crippen MR) is 63.6 cm³/mol. The molecule has 0 radical (unpaired) electrons. The maximum absolute atomic E-state index is 12.4. The van der Waals surface area contributed by atoms with E-state index in [0.717, 1.165) is 0 Å². The lowest BCUT2D eigenvalue weighted by atomic mass is 10.0. The van der Waals surface area contributed by atoms with E-state index in [0.29, 0.717) is 31.1 Å². The average Bonchev–Trinajstić information content (AvgIpc) is 2.56. The molecule has 17 heavy (non-hydrogen) atoms. The van der Waals surface area contributed by atoms with Gasteiger partial charge in [0.1, 0.15) is 0 Å². The number of amides is 1. The van der Waals surface area contributed by atoms with Crippen molar-refractivity contribution in [1.82, 2.24) is 14.7 Å². The SMILES string of the molecule is Cn1cc(N)c(C(=O)N2CCOCC2(C)C)n1. The molecular weight excluding hydrogens is 220 g/mol. The second kappa shape index (κ2) is 4.03. The molecule has 0 atom stereocenters. The number of rotatable bonds is 1. The van der Waals surface area contributed by atoms with Crippen LogP contribution in [0.4, 0.5) is 5.69 Å². The van der Waals surface area contributed by atoms with Gasteiger partial charge in [-0.1, -0.05) is 0 Å². The van der Waals surface area contributed by atoms with Crippen molar-refractivity contribution in [2.45, 2.75) is 19.4 Å². The number of carbonyl (C=O) groups is 1. The Morgan fingerprint density at radius 3 is 2.82 bits per heavy atom. The highest BCUT2D eigenvalue weighted by Gasteiger charge is 2.36. The highest BCUT2D eigenvalue weighted by atomic mass is 16.5. The fourth-order valence-corrected chi connectivity index (χ4v) is 2.04. The molecule has 1 saturated heterocycles. The maximum atomic E-state index is 12.4. The number of morpholine rings is 1. The molecule has 2 N–H and O–H groups in total. The lowest BCUT2D eigenvalue weighted by molar-refractivity contribution is -0.0373. The molecule has 0 unspecified atom stereocenters. The average molecular weight is 238 g/mol. The van der Waals surface area contributed by atoms with Crippen molar-refractivity contribution in [3.05, 3.63) is 11.9 Å². The highest BCUT2D eigenvalue weighted by molar-refractivity contribution is 5.97. The predicted octanol–water partition coefficient (Wildman–Crippen LogP) is 0.253. The summed E-state index contributed by atoms with van der Waals surface area (Å²) >= 11 is 0. The molecule has 1 aliphatic heterocycles. The Kier molecular flexibility index (Phi) is 2.82. The van der Waals surface area contributed by atoms with Crippen LogP contribution in [0.15, 0.2) is 6.20 Å². The Hall–Kier alpha value is -1.56. The number of nitrogens with zero attached hydrogens (tertiary/aromatic N) is 3. The first-order chi connectivity index (χ1) is 7.92. The van der Waals surface area contributed by atoms with Crippen molar-refractivity contribution in [3.63, 3.8) is 0 Å². The largest absolute Gasteiger partial charge is 0.396 e. The summed E-state index contributed by atoms with van der Waals surface area (Å²) in [5.74, 6) is -0.128. The third kappa shape index (κ3) is 2.12. The van der Waals surface area contributed by atoms with Gasteiger partial charge in [0.05, 0.1) is 24.4 Å². The first kappa shape index (κ1) is 11.9. The van der Waals surface area contributed by atoms with Gasteiger partial charge in [-0.2, -0.15) is 5.10 Å². The van der Waals surface area contributed by atoms with Crippen molar-refractivity contribution < 1.29 is 9.53 Å². The fourth-order valence-electron chi connectivity index (χ4n) is 2.04. The summed E-state index contributed by atoms with van der Waals surface area (Å²) in [5, 5.41) is 4.11. The van der Waals surface area contributed by atoms with E-state index in [9.17, 15) is 4.79 Å². The smallest absolute Gasteiger partial charge is 0.277 e. The van der Waals surface area contributed by atoms with Crippen LogP contribution in [0.1, 0.15) is 24.3 Å². The van der Waals surface area contributed by atoms with E-state index in [1.807, 2.05) is 13.8 Å². The lowest BCUT2D eigenvalue weighted by Crippen LogP contribution is -2.55. The lowest BCUT2D eigenvalue weighted by Gasteiger charge is -2.41. The summed E-state index contributed by atoms with van der Waals surface area (Å²) in [4.78, 5) is 14.1. The van der Waals surface area contributed by atoms with E-state index in [-0.39, 0.29) is 11.4 Å². The number of aromatic nitrogens is 2. The van der Waals surface area contributed by atoms with Gasteiger partial charge in [-0.05, 0) is 13.8 Å². The Bertz CT molecular complexity index is 439. The van der Waals surface area contributed by atoms with Gasteiger partial charge in [0.2, 0.25) is 0 Å². The van der Waals surface area contributed by atoms with Gasteiger partial charge in [0.15, 0.2) is 5.69 Å². The number of hydrogen-bond donors (Lipinski definition) is 1. The molecule has 0 aromatic carbocycles. The molecule has 1 fully saturated rings. The van der Waals surface area contributed by atoms with Crippen LogP contribution in [-0.2, 0) is 11.8 Å². The van der Waals surface area contributed by atoms with Crippen LogP contribution in [-0.4, -0.2) is 45.9 Å². The molecule has 6 nitrogen and oxygen atoms in total. The summed E-state index contributed by atoms with van der Waals surface area (Å²) in [6.45, 7) is 5.61. The standard InChI is InChI=1S/C11H18N4O2/c1-11(2)7-17-5-4-15(11)10(16)9-8(12)6-14(3)13-9/h6H,4-5,7,12H2,1-3H3. The summed E-state index contributed by atoms with van der Waals surface area (Å²) in [6, 6.07) is 0. The molecule has 0 spiro atoms. The zero-order valence-corrected chi connectivity index (χ0v) is 10.4. The summed E-state index contributed by atoms with van der Waals surface area (Å²) in [6.07, 6.45) is 1.64. The molecule has 94 valence electrons.